The SMILES string of the molecule is Cc1cc(C(O)C(O)CNC(=O)OCC2c3ccccc3-c3ccccc32)c(N)cc1[N+](=O)[O-]. The van der Waals surface area contributed by atoms with Crippen LogP contribution in [0.25, 0.3) is 11.1 Å². The van der Waals surface area contributed by atoms with Crippen molar-refractivity contribution in [3.63, 3.8) is 0 Å². The van der Waals surface area contributed by atoms with E-state index < -0.39 is 23.2 Å². The largest absolute Gasteiger partial charge is 0.449 e. The molecule has 5 N–H and O–H groups in total. The summed E-state index contributed by atoms with van der Waals surface area (Å²) in [6.45, 7) is 1.33. The minimum Gasteiger partial charge on any atom is -0.449 e. The van der Waals surface area contributed by atoms with E-state index in [4.69, 9.17) is 10.5 Å². The highest BCUT2D eigenvalue weighted by Crippen LogP contribution is 2.44. The minimum atomic E-state index is -1.45. The van der Waals surface area contributed by atoms with E-state index in [1.807, 2.05) is 48.5 Å². The molecule has 9 nitrogen and oxygen atoms in total. The molecule has 3 aromatic rings. The first kappa shape index (κ1) is 23.2. The number of rotatable bonds is 7. The number of aliphatic hydroxyl groups is 2. The Morgan fingerprint density at radius 3 is 2.29 bits per heavy atom. The van der Waals surface area contributed by atoms with Crippen molar-refractivity contribution in [1.29, 1.82) is 0 Å². The number of amides is 1. The molecule has 2 atom stereocenters. The summed E-state index contributed by atoms with van der Waals surface area (Å²) in [5.74, 6) is -0.100. The molecule has 1 aliphatic carbocycles. The lowest BCUT2D eigenvalue weighted by Crippen LogP contribution is -2.36. The normalized spacial score (nSPS) is 14.1. The number of nitro benzene ring substituents is 1. The van der Waals surface area contributed by atoms with E-state index in [0.29, 0.717) is 5.56 Å². The molecule has 1 amide bonds. The van der Waals surface area contributed by atoms with Crippen LogP contribution in [0.1, 0.15) is 34.3 Å². The molecule has 0 aromatic heterocycles. The van der Waals surface area contributed by atoms with Gasteiger partial charge in [-0.3, -0.25) is 10.1 Å². The van der Waals surface area contributed by atoms with E-state index >= 15 is 0 Å². The van der Waals surface area contributed by atoms with Gasteiger partial charge in [0.15, 0.2) is 0 Å². The third-order valence-corrected chi connectivity index (χ3v) is 6.08. The Labute approximate surface area is 196 Å². The number of aryl methyl sites for hydroxylation is 1. The monoisotopic (exact) mass is 463 g/mol. The molecule has 0 aliphatic heterocycles. The van der Waals surface area contributed by atoms with Crippen molar-refractivity contribution >= 4 is 17.5 Å². The zero-order valence-electron chi connectivity index (χ0n) is 18.5. The summed E-state index contributed by atoms with van der Waals surface area (Å²) in [7, 11) is 0. The van der Waals surface area contributed by atoms with Crippen LogP contribution < -0.4 is 11.1 Å². The van der Waals surface area contributed by atoms with Gasteiger partial charge >= 0.3 is 6.09 Å². The fraction of sp³-hybridized carbons (Fsp3) is 0.240. The lowest BCUT2D eigenvalue weighted by Gasteiger charge is -2.21. The topological polar surface area (TPSA) is 148 Å². The molecule has 0 heterocycles. The molecule has 0 saturated carbocycles. The number of ether oxygens (including phenoxy) is 1. The molecule has 3 aromatic carbocycles. The Balaban J connectivity index is 1.36. The van der Waals surface area contributed by atoms with E-state index in [1.165, 1.54) is 13.0 Å². The lowest BCUT2D eigenvalue weighted by atomic mass is 9.98. The Morgan fingerprint density at radius 1 is 1.12 bits per heavy atom. The number of carbonyl (C=O) groups excluding carboxylic acids is 1. The fourth-order valence-electron chi connectivity index (χ4n) is 4.34. The summed E-state index contributed by atoms with van der Waals surface area (Å²) < 4.78 is 5.42. The van der Waals surface area contributed by atoms with Crippen LogP contribution in [0.3, 0.4) is 0 Å². The highest BCUT2D eigenvalue weighted by molar-refractivity contribution is 5.79. The first-order valence-electron chi connectivity index (χ1n) is 10.8. The van der Waals surface area contributed by atoms with E-state index in [-0.39, 0.29) is 36.0 Å². The van der Waals surface area contributed by atoms with E-state index in [9.17, 15) is 25.1 Å². The highest BCUT2D eigenvalue weighted by atomic mass is 16.6. The minimum absolute atomic E-state index is 0.0232. The third kappa shape index (κ3) is 4.43. The zero-order chi connectivity index (χ0) is 24.4. The Kier molecular flexibility index (Phi) is 6.49. The Hall–Kier alpha value is -3.95. The smallest absolute Gasteiger partial charge is 0.407 e. The second-order valence-corrected chi connectivity index (χ2v) is 8.24. The van der Waals surface area contributed by atoms with Crippen LogP contribution in [0, 0.1) is 17.0 Å². The van der Waals surface area contributed by atoms with Gasteiger partial charge in [-0.15, -0.1) is 0 Å². The maximum Gasteiger partial charge on any atom is 0.407 e. The van der Waals surface area contributed by atoms with Gasteiger partial charge in [-0.1, -0.05) is 48.5 Å². The van der Waals surface area contributed by atoms with Crippen molar-refractivity contribution in [2.75, 3.05) is 18.9 Å². The number of nitrogens with two attached hydrogens (primary N) is 1. The third-order valence-electron chi connectivity index (χ3n) is 6.08. The van der Waals surface area contributed by atoms with Crippen LogP contribution in [-0.4, -0.2) is 40.5 Å². The molecule has 0 bridgehead atoms. The highest BCUT2D eigenvalue weighted by Gasteiger charge is 2.29. The molecule has 0 fully saturated rings. The van der Waals surface area contributed by atoms with Gasteiger partial charge in [-0.25, -0.2) is 4.79 Å². The number of nitrogens with one attached hydrogen (secondary N) is 1. The molecule has 176 valence electrons. The number of hydrogen-bond donors (Lipinski definition) is 4. The van der Waals surface area contributed by atoms with Gasteiger partial charge < -0.3 is 26.0 Å². The maximum atomic E-state index is 12.3. The molecule has 0 spiro atoms. The number of benzene rings is 3. The number of alkyl carbamates (subject to hydrolysis) is 1. The quantitative estimate of drug-likeness (QED) is 0.238. The standard InChI is InChI=1S/C25H25N3O6/c1-14-10-19(21(26)11-22(14)28(32)33)24(30)23(29)12-27-25(31)34-13-20-17-8-4-2-6-15(17)16-7-3-5-9-18(16)20/h2-11,20,23-24,29-30H,12-13,26H2,1H3,(H,27,31). The predicted octanol–water partition coefficient (Wildman–Crippen LogP) is 3.42. The lowest BCUT2D eigenvalue weighted by molar-refractivity contribution is -0.385. The van der Waals surface area contributed by atoms with Crippen molar-refractivity contribution in [1.82, 2.24) is 5.32 Å². The summed E-state index contributed by atoms with van der Waals surface area (Å²) in [5, 5.41) is 34.3. The van der Waals surface area contributed by atoms with Gasteiger partial charge in [-0.2, -0.15) is 0 Å². The first-order chi connectivity index (χ1) is 16.3. The van der Waals surface area contributed by atoms with Crippen LogP contribution in [0.15, 0.2) is 60.7 Å². The summed E-state index contributed by atoms with van der Waals surface area (Å²) in [6.07, 6.45) is -3.59. The average Bonchev–Trinajstić information content (AvgIpc) is 3.15. The number of nitro groups is 1. The molecular weight excluding hydrogens is 438 g/mol. The molecule has 34 heavy (non-hydrogen) atoms. The van der Waals surface area contributed by atoms with Gasteiger partial charge in [0.25, 0.3) is 5.69 Å². The molecule has 9 heteroatoms. The number of nitrogens with zero attached hydrogens (tertiary/aromatic N) is 1. The van der Waals surface area contributed by atoms with Gasteiger partial charge in [0.05, 0.1) is 4.92 Å². The van der Waals surface area contributed by atoms with Crippen molar-refractivity contribution in [3.8, 4) is 11.1 Å². The number of hydrogen-bond acceptors (Lipinski definition) is 7. The molecular formula is C25H25N3O6. The van der Waals surface area contributed by atoms with Gasteiger partial charge in [-0.05, 0) is 35.2 Å². The van der Waals surface area contributed by atoms with Crippen LogP contribution in [0.2, 0.25) is 0 Å². The van der Waals surface area contributed by atoms with Crippen molar-refractivity contribution in [2.24, 2.45) is 0 Å². The van der Waals surface area contributed by atoms with E-state index in [2.05, 4.69) is 5.32 Å². The van der Waals surface area contributed by atoms with Gasteiger partial charge in [0, 0.05) is 35.3 Å². The maximum absolute atomic E-state index is 12.3. The predicted molar refractivity (Wildman–Crippen MR) is 126 cm³/mol. The van der Waals surface area contributed by atoms with E-state index in [0.717, 1.165) is 28.3 Å². The van der Waals surface area contributed by atoms with Crippen LogP contribution in [0.5, 0.6) is 0 Å². The van der Waals surface area contributed by atoms with Crippen LogP contribution >= 0.6 is 0 Å². The number of fused-ring (bicyclic) bond motifs is 3. The van der Waals surface area contributed by atoms with Crippen molar-refractivity contribution in [2.45, 2.75) is 25.0 Å². The molecule has 1 aliphatic rings. The Bertz CT molecular complexity index is 1200. The summed E-state index contributed by atoms with van der Waals surface area (Å²) in [4.78, 5) is 22.8. The first-order valence-corrected chi connectivity index (χ1v) is 10.8. The molecule has 4 rings (SSSR count). The number of nitrogen functional groups attached to an aromatic ring is 1. The van der Waals surface area contributed by atoms with Gasteiger partial charge in [0.2, 0.25) is 0 Å². The summed E-state index contributed by atoms with van der Waals surface area (Å²) in [5.41, 5.74) is 10.5. The van der Waals surface area contributed by atoms with Crippen LogP contribution in [-0.2, 0) is 4.74 Å². The molecule has 2 unspecified atom stereocenters. The Morgan fingerprint density at radius 2 is 1.71 bits per heavy atom. The number of carbonyl (C=O) groups is 1. The second-order valence-electron chi connectivity index (χ2n) is 8.24. The second kappa shape index (κ2) is 9.50. The molecule has 0 saturated heterocycles. The zero-order valence-corrected chi connectivity index (χ0v) is 18.5. The van der Waals surface area contributed by atoms with Crippen molar-refractivity contribution < 1.29 is 24.7 Å². The number of aliphatic hydroxyl groups excluding tert-OH is 2. The summed E-state index contributed by atoms with van der Waals surface area (Å²) in [6, 6.07) is 18.4. The van der Waals surface area contributed by atoms with Crippen LogP contribution in [0.4, 0.5) is 16.2 Å². The van der Waals surface area contributed by atoms with Crippen molar-refractivity contribution in [3.05, 3.63) is 93.0 Å². The number of anilines is 1. The van der Waals surface area contributed by atoms with E-state index in [1.54, 1.807) is 0 Å². The average molecular weight is 463 g/mol. The summed E-state index contributed by atoms with van der Waals surface area (Å²) >= 11 is 0. The van der Waals surface area contributed by atoms with Gasteiger partial charge in [0.1, 0.15) is 18.8 Å². The fourth-order valence-corrected chi connectivity index (χ4v) is 4.34. The molecule has 0 radical (unpaired) electrons.